The molecule has 0 radical (unpaired) electrons. The Morgan fingerprint density at radius 3 is 2.62 bits per heavy atom. The third kappa shape index (κ3) is 4.33. The molecule has 0 atom stereocenters. The number of aryl methyl sites for hydroxylation is 2. The number of carboxylic acid groups (broad SMARTS) is 1. The molecular formula is C17H17BrO3. The number of rotatable bonds is 6. The predicted octanol–water partition coefficient (Wildman–Crippen LogP) is 4.47. The zero-order valence-corrected chi connectivity index (χ0v) is 13.4. The zero-order chi connectivity index (χ0) is 15.2. The SMILES string of the molecule is Cc1cc(Br)cc(C(=O)O)c1OCCCc1ccccc1. The minimum absolute atomic E-state index is 0.196. The van der Waals surface area contributed by atoms with Gasteiger partial charge in [-0.25, -0.2) is 4.79 Å². The number of hydrogen-bond acceptors (Lipinski definition) is 2. The van der Waals surface area contributed by atoms with Crippen LogP contribution in [-0.4, -0.2) is 17.7 Å². The second kappa shape index (κ2) is 7.27. The van der Waals surface area contributed by atoms with Crippen molar-refractivity contribution in [2.24, 2.45) is 0 Å². The molecule has 2 aromatic carbocycles. The summed E-state index contributed by atoms with van der Waals surface area (Å²) >= 11 is 3.31. The van der Waals surface area contributed by atoms with Gasteiger partial charge < -0.3 is 9.84 Å². The van der Waals surface area contributed by atoms with E-state index >= 15 is 0 Å². The average molecular weight is 349 g/mol. The molecule has 2 rings (SSSR count). The highest BCUT2D eigenvalue weighted by atomic mass is 79.9. The van der Waals surface area contributed by atoms with Crippen LogP contribution < -0.4 is 4.74 Å². The third-order valence-corrected chi connectivity index (χ3v) is 3.63. The number of carbonyl (C=O) groups is 1. The van der Waals surface area contributed by atoms with Crippen LogP contribution in [0.1, 0.15) is 27.9 Å². The lowest BCUT2D eigenvalue weighted by Gasteiger charge is -2.12. The molecule has 4 heteroatoms. The summed E-state index contributed by atoms with van der Waals surface area (Å²) in [6, 6.07) is 13.6. The van der Waals surface area contributed by atoms with E-state index in [4.69, 9.17) is 4.74 Å². The maximum absolute atomic E-state index is 11.3. The largest absolute Gasteiger partial charge is 0.492 e. The van der Waals surface area contributed by atoms with Crippen molar-refractivity contribution in [3.8, 4) is 5.75 Å². The van der Waals surface area contributed by atoms with Gasteiger partial charge in [-0.05, 0) is 43.0 Å². The fraction of sp³-hybridized carbons (Fsp3) is 0.235. The Balaban J connectivity index is 1.98. The summed E-state index contributed by atoms with van der Waals surface area (Å²) in [6.07, 6.45) is 1.76. The van der Waals surface area contributed by atoms with Crippen molar-refractivity contribution in [2.45, 2.75) is 19.8 Å². The van der Waals surface area contributed by atoms with Crippen LogP contribution in [0, 0.1) is 6.92 Å². The molecule has 0 aromatic heterocycles. The van der Waals surface area contributed by atoms with Gasteiger partial charge >= 0.3 is 5.97 Å². The Bertz CT molecular complexity index is 623. The van der Waals surface area contributed by atoms with E-state index in [1.807, 2.05) is 31.2 Å². The number of halogens is 1. The molecule has 0 aliphatic rings. The number of ether oxygens (including phenoxy) is 1. The molecule has 0 amide bonds. The second-order valence-corrected chi connectivity index (χ2v) is 5.76. The molecule has 0 unspecified atom stereocenters. The molecule has 3 nitrogen and oxygen atoms in total. The van der Waals surface area contributed by atoms with Crippen LogP contribution in [0.25, 0.3) is 0 Å². The van der Waals surface area contributed by atoms with Crippen LogP contribution >= 0.6 is 15.9 Å². The van der Waals surface area contributed by atoms with E-state index in [1.165, 1.54) is 5.56 Å². The van der Waals surface area contributed by atoms with Crippen LogP contribution in [0.5, 0.6) is 5.75 Å². The van der Waals surface area contributed by atoms with E-state index in [1.54, 1.807) is 6.07 Å². The van der Waals surface area contributed by atoms with E-state index in [2.05, 4.69) is 28.1 Å². The number of hydrogen-bond donors (Lipinski definition) is 1. The van der Waals surface area contributed by atoms with Gasteiger partial charge in [-0.1, -0.05) is 46.3 Å². The smallest absolute Gasteiger partial charge is 0.339 e. The van der Waals surface area contributed by atoms with E-state index in [0.717, 1.165) is 22.9 Å². The van der Waals surface area contributed by atoms with Crippen LogP contribution in [0.2, 0.25) is 0 Å². The quantitative estimate of drug-likeness (QED) is 0.783. The van der Waals surface area contributed by atoms with Crippen molar-refractivity contribution in [3.63, 3.8) is 0 Å². The number of carboxylic acids is 1. The molecule has 0 aliphatic carbocycles. The highest BCUT2D eigenvalue weighted by Crippen LogP contribution is 2.28. The minimum atomic E-state index is -0.975. The molecule has 0 spiro atoms. The van der Waals surface area contributed by atoms with Gasteiger partial charge in [0.25, 0.3) is 0 Å². The summed E-state index contributed by atoms with van der Waals surface area (Å²) in [6.45, 7) is 2.35. The molecule has 0 bridgehead atoms. The third-order valence-electron chi connectivity index (χ3n) is 3.17. The Morgan fingerprint density at radius 2 is 1.95 bits per heavy atom. The summed E-state index contributed by atoms with van der Waals surface area (Å²) in [5.41, 5.74) is 2.27. The Hall–Kier alpha value is -1.81. The lowest BCUT2D eigenvalue weighted by atomic mass is 10.1. The standard InChI is InChI=1S/C17H17BrO3/c1-12-10-14(18)11-15(17(19)20)16(12)21-9-5-8-13-6-3-2-4-7-13/h2-4,6-7,10-11H,5,8-9H2,1H3,(H,19,20). The molecule has 110 valence electrons. The van der Waals surface area contributed by atoms with Crippen LogP contribution in [0.3, 0.4) is 0 Å². The number of benzene rings is 2. The summed E-state index contributed by atoms with van der Waals surface area (Å²) in [5.74, 6) is -0.517. The van der Waals surface area contributed by atoms with Crippen molar-refractivity contribution < 1.29 is 14.6 Å². The van der Waals surface area contributed by atoms with Crippen LogP contribution in [-0.2, 0) is 6.42 Å². The highest BCUT2D eigenvalue weighted by Gasteiger charge is 2.15. The second-order valence-electron chi connectivity index (χ2n) is 4.84. The molecule has 0 aliphatic heterocycles. The van der Waals surface area contributed by atoms with Crippen molar-refractivity contribution in [1.82, 2.24) is 0 Å². The zero-order valence-electron chi connectivity index (χ0n) is 11.8. The van der Waals surface area contributed by atoms with Gasteiger partial charge in [0.2, 0.25) is 0 Å². The minimum Gasteiger partial charge on any atom is -0.492 e. The summed E-state index contributed by atoms with van der Waals surface area (Å²) < 4.78 is 6.45. The highest BCUT2D eigenvalue weighted by molar-refractivity contribution is 9.10. The van der Waals surface area contributed by atoms with Gasteiger partial charge in [-0.3, -0.25) is 0 Å². The summed E-state index contributed by atoms with van der Waals surface area (Å²) in [4.78, 5) is 11.3. The van der Waals surface area contributed by atoms with Gasteiger partial charge in [-0.2, -0.15) is 0 Å². The molecule has 21 heavy (non-hydrogen) atoms. The Kier molecular flexibility index (Phi) is 5.39. The Morgan fingerprint density at radius 1 is 1.24 bits per heavy atom. The number of aromatic carboxylic acids is 1. The monoisotopic (exact) mass is 348 g/mol. The van der Waals surface area contributed by atoms with E-state index in [-0.39, 0.29) is 5.56 Å². The summed E-state index contributed by atoms with van der Waals surface area (Å²) in [7, 11) is 0. The fourth-order valence-corrected chi connectivity index (χ4v) is 2.75. The first kappa shape index (κ1) is 15.6. The molecule has 1 N–H and O–H groups in total. The van der Waals surface area contributed by atoms with Gasteiger partial charge in [-0.15, -0.1) is 0 Å². The van der Waals surface area contributed by atoms with Gasteiger partial charge in [0.15, 0.2) is 0 Å². The fourth-order valence-electron chi connectivity index (χ4n) is 2.18. The normalized spacial score (nSPS) is 10.4. The van der Waals surface area contributed by atoms with Crippen molar-refractivity contribution in [1.29, 1.82) is 0 Å². The van der Waals surface area contributed by atoms with Crippen molar-refractivity contribution >= 4 is 21.9 Å². The van der Waals surface area contributed by atoms with Crippen LogP contribution in [0.15, 0.2) is 46.9 Å². The molecular weight excluding hydrogens is 332 g/mol. The molecule has 0 saturated carbocycles. The first-order chi connectivity index (χ1) is 10.1. The molecule has 0 fully saturated rings. The lowest BCUT2D eigenvalue weighted by molar-refractivity contribution is 0.0692. The van der Waals surface area contributed by atoms with Gasteiger partial charge in [0, 0.05) is 4.47 Å². The first-order valence-electron chi connectivity index (χ1n) is 6.78. The van der Waals surface area contributed by atoms with E-state index in [9.17, 15) is 9.90 Å². The van der Waals surface area contributed by atoms with E-state index < -0.39 is 5.97 Å². The van der Waals surface area contributed by atoms with Crippen molar-refractivity contribution in [3.05, 3.63) is 63.6 Å². The van der Waals surface area contributed by atoms with Gasteiger partial charge in [0.1, 0.15) is 11.3 Å². The Labute approximate surface area is 132 Å². The lowest BCUT2D eigenvalue weighted by Crippen LogP contribution is -2.07. The predicted molar refractivity (Wildman–Crippen MR) is 86.1 cm³/mol. The van der Waals surface area contributed by atoms with Crippen molar-refractivity contribution in [2.75, 3.05) is 6.61 Å². The maximum atomic E-state index is 11.3. The van der Waals surface area contributed by atoms with E-state index in [0.29, 0.717) is 12.4 Å². The van der Waals surface area contributed by atoms with Crippen LogP contribution in [0.4, 0.5) is 0 Å². The average Bonchev–Trinajstić information content (AvgIpc) is 2.45. The topological polar surface area (TPSA) is 46.5 Å². The molecule has 2 aromatic rings. The first-order valence-corrected chi connectivity index (χ1v) is 7.57. The molecule has 0 heterocycles. The molecule has 0 saturated heterocycles. The summed E-state index contributed by atoms with van der Waals surface area (Å²) in [5, 5.41) is 9.25. The maximum Gasteiger partial charge on any atom is 0.339 e. The van der Waals surface area contributed by atoms with Gasteiger partial charge in [0.05, 0.1) is 6.61 Å².